The minimum absolute atomic E-state index is 0.0635. The van der Waals surface area contributed by atoms with Crippen LogP contribution in [0.2, 0.25) is 0 Å². The molecule has 1 N–H and O–H groups in total. The summed E-state index contributed by atoms with van der Waals surface area (Å²) in [6.07, 6.45) is 1.38. The molecule has 0 aromatic carbocycles. The molecule has 1 rings (SSSR count). The maximum Gasteiger partial charge on any atom is 0.251 e. The Morgan fingerprint density at radius 1 is 1.50 bits per heavy atom. The normalized spacial score (nSPS) is 12.9. The Balaban J connectivity index is 3.22. The van der Waals surface area contributed by atoms with E-state index in [2.05, 4.69) is 4.98 Å². The first kappa shape index (κ1) is 11.0. The minimum Gasteiger partial charge on any atom is -0.323 e. The van der Waals surface area contributed by atoms with E-state index in [9.17, 15) is 9.18 Å². The second-order valence-corrected chi connectivity index (χ2v) is 3.55. The summed E-state index contributed by atoms with van der Waals surface area (Å²) in [5, 5.41) is 0. The van der Waals surface area contributed by atoms with Gasteiger partial charge >= 0.3 is 0 Å². The summed E-state index contributed by atoms with van der Waals surface area (Å²) in [7, 11) is 0. The van der Waals surface area contributed by atoms with E-state index in [0.29, 0.717) is 17.7 Å². The summed E-state index contributed by atoms with van der Waals surface area (Å²) in [6, 6.07) is 1.35. The zero-order valence-electron chi connectivity index (χ0n) is 8.86. The van der Waals surface area contributed by atoms with Gasteiger partial charge in [0.15, 0.2) is 0 Å². The smallest absolute Gasteiger partial charge is 0.251 e. The van der Waals surface area contributed by atoms with Gasteiger partial charge in [-0.3, -0.25) is 4.79 Å². The maximum atomic E-state index is 13.5. The molecule has 3 heteroatoms. The van der Waals surface area contributed by atoms with Crippen LogP contribution in [-0.2, 0) is 6.42 Å². The van der Waals surface area contributed by atoms with Gasteiger partial charge in [-0.05, 0) is 24.8 Å². The highest BCUT2D eigenvalue weighted by molar-refractivity contribution is 5.18. The van der Waals surface area contributed by atoms with Crippen molar-refractivity contribution in [1.82, 2.24) is 4.98 Å². The van der Waals surface area contributed by atoms with Crippen LogP contribution in [0.15, 0.2) is 10.9 Å². The van der Waals surface area contributed by atoms with Gasteiger partial charge in [0, 0.05) is 5.56 Å². The molecule has 0 fully saturated rings. The number of rotatable bonds is 3. The molecule has 0 saturated carbocycles. The number of aromatic nitrogens is 1. The number of halogens is 1. The molecule has 0 aliphatic heterocycles. The molecule has 1 aromatic rings. The van der Waals surface area contributed by atoms with E-state index in [1.54, 1.807) is 0 Å². The van der Waals surface area contributed by atoms with Crippen LogP contribution in [0, 0.1) is 5.82 Å². The molecule has 1 aromatic heterocycles. The summed E-state index contributed by atoms with van der Waals surface area (Å²) in [4.78, 5) is 14.0. The number of nitrogens with one attached hydrogen (secondary N) is 1. The lowest BCUT2D eigenvalue weighted by Gasteiger charge is -2.10. The molecule has 0 saturated heterocycles. The van der Waals surface area contributed by atoms with Crippen LogP contribution in [0.3, 0.4) is 0 Å². The molecule has 0 spiro atoms. The Hall–Kier alpha value is -1.12. The third kappa shape index (κ3) is 2.03. The number of pyridine rings is 1. The zero-order valence-corrected chi connectivity index (χ0v) is 8.86. The van der Waals surface area contributed by atoms with Gasteiger partial charge in [-0.1, -0.05) is 20.8 Å². The van der Waals surface area contributed by atoms with Gasteiger partial charge in [-0.25, -0.2) is 4.39 Å². The SMILES string of the molecule is CCc1cc(F)c(C(C)CC)[nH]c1=O. The largest absolute Gasteiger partial charge is 0.323 e. The number of hydrogen-bond donors (Lipinski definition) is 1. The second kappa shape index (κ2) is 4.40. The van der Waals surface area contributed by atoms with Crippen molar-refractivity contribution in [1.29, 1.82) is 0 Å². The summed E-state index contributed by atoms with van der Waals surface area (Å²) < 4.78 is 13.5. The fraction of sp³-hybridized carbons (Fsp3) is 0.545. The summed E-state index contributed by atoms with van der Waals surface area (Å²) in [5.41, 5.74) is 0.772. The van der Waals surface area contributed by atoms with Gasteiger partial charge in [-0.15, -0.1) is 0 Å². The summed E-state index contributed by atoms with van der Waals surface area (Å²) in [6.45, 7) is 5.71. The van der Waals surface area contributed by atoms with Gasteiger partial charge in [0.25, 0.3) is 5.56 Å². The van der Waals surface area contributed by atoms with Crippen molar-refractivity contribution in [3.8, 4) is 0 Å². The van der Waals surface area contributed by atoms with Crippen LogP contribution >= 0.6 is 0 Å². The van der Waals surface area contributed by atoms with Gasteiger partial charge < -0.3 is 4.98 Å². The molecule has 1 unspecified atom stereocenters. The van der Waals surface area contributed by atoms with E-state index in [1.165, 1.54) is 6.07 Å². The molecule has 0 radical (unpaired) electrons. The molecule has 0 bridgehead atoms. The predicted octanol–water partition coefficient (Wildman–Crippen LogP) is 2.59. The molecular weight excluding hydrogens is 181 g/mol. The first-order chi connectivity index (χ1) is 6.60. The first-order valence-electron chi connectivity index (χ1n) is 5.01. The topological polar surface area (TPSA) is 32.9 Å². The number of H-pyrrole nitrogens is 1. The maximum absolute atomic E-state index is 13.5. The standard InChI is InChI=1S/C11H16FNO/c1-4-7(3)10-9(12)6-8(5-2)11(14)13-10/h6-7H,4-5H2,1-3H3,(H,13,14). The first-order valence-corrected chi connectivity index (χ1v) is 5.01. The molecule has 0 aliphatic carbocycles. The monoisotopic (exact) mass is 197 g/mol. The predicted molar refractivity (Wildman–Crippen MR) is 55.1 cm³/mol. The fourth-order valence-corrected chi connectivity index (χ4v) is 1.38. The number of aryl methyl sites for hydroxylation is 1. The van der Waals surface area contributed by atoms with E-state index in [-0.39, 0.29) is 17.3 Å². The summed E-state index contributed by atoms with van der Waals surface area (Å²) >= 11 is 0. The van der Waals surface area contributed by atoms with Crippen LogP contribution in [0.5, 0.6) is 0 Å². The Kier molecular flexibility index (Phi) is 3.44. The van der Waals surface area contributed by atoms with E-state index in [4.69, 9.17) is 0 Å². The van der Waals surface area contributed by atoms with Gasteiger partial charge in [0.2, 0.25) is 0 Å². The Bertz CT molecular complexity index is 370. The fourth-order valence-electron chi connectivity index (χ4n) is 1.38. The van der Waals surface area contributed by atoms with E-state index in [0.717, 1.165) is 6.42 Å². The molecule has 1 atom stereocenters. The molecule has 2 nitrogen and oxygen atoms in total. The molecule has 1 heterocycles. The van der Waals surface area contributed by atoms with Crippen molar-refractivity contribution in [2.75, 3.05) is 0 Å². The Morgan fingerprint density at radius 3 is 2.64 bits per heavy atom. The Labute approximate surface area is 83.2 Å². The highest BCUT2D eigenvalue weighted by Gasteiger charge is 2.12. The van der Waals surface area contributed by atoms with E-state index >= 15 is 0 Å². The molecule has 0 amide bonds. The lowest BCUT2D eigenvalue weighted by molar-refractivity contribution is 0.563. The van der Waals surface area contributed by atoms with Crippen molar-refractivity contribution in [2.24, 2.45) is 0 Å². The highest BCUT2D eigenvalue weighted by atomic mass is 19.1. The minimum atomic E-state index is -0.296. The second-order valence-electron chi connectivity index (χ2n) is 3.55. The third-order valence-electron chi connectivity index (χ3n) is 2.58. The molecule has 14 heavy (non-hydrogen) atoms. The third-order valence-corrected chi connectivity index (χ3v) is 2.58. The van der Waals surface area contributed by atoms with Crippen LogP contribution in [-0.4, -0.2) is 4.98 Å². The molecule has 78 valence electrons. The summed E-state index contributed by atoms with van der Waals surface area (Å²) in [5.74, 6) is -0.232. The zero-order chi connectivity index (χ0) is 10.7. The van der Waals surface area contributed by atoms with Crippen LogP contribution in [0.25, 0.3) is 0 Å². The van der Waals surface area contributed by atoms with Gasteiger partial charge in [0.1, 0.15) is 5.82 Å². The number of aromatic amines is 1. The van der Waals surface area contributed by atoms with Crippen LogP contribution in [0.1, 0.15) is 44.4 Å². The van der Waals surface area contributed by atoms with Crippen molar-refractivity contribution in [3.05, 3.63) is 33.5 Å². The lowest BCUT2D eigenvalue weighted by Crippen LogP contribution is -2.17. The lowest BCUT2D eigenvalue weighted by atomic mass is 10.0. The molecule has 0 aliphatic rings. The van der Waals surface area contributed by atoms with Crippen LogP contribution < -0.4 is 5.56 Å². The Morgan fingerprint density at radius 2 is 2.14 bits per heavy atom. The van der Waals surface area contributed by atoms with Crippen molar-refractivity contribution in [2.45, 2.75) is 39.5 Å². The number of hydrogen-bond acceptors (Lipinski definition) is 1. The highest BCUT2D eigenvalue weighted by Crippen LogP contribution is 2.18. The van der Waals surface area contributed by atoms with E-state index < -0.39 is 0 Å². The van der Waals surface area contributed by atoms with Gasteiger partial charge in [0.05, 0.1) is 5.69 Å². The van der Waals surface area contributed by atoms with E-state index in [1.807, 2.05) is 20.8 Å². The van der Waals surface area contributed by atoms with Crippen molar-refractivity contribution >= 4 is 0 Å². The average Bonchev–Trinajstić information content (AvgIpc) is 2.19. The average molecular weight is 197 g/mol. The van der Waals surface area contributed by atoms with Crippen molar-refractivity contribution < 1.29 is 4.39 Å². The van der Waals surface area contributed by atoms with Gasteiger partial charge in [-0.2, -0.15) is 0 Å². The van der Waals surface area contributed by atoms with Crippen LogP contribution in [0.4, 0.5) is 4.39 Å². The quantitative estimate of drug-likeness (QED) is 0.793. The van der Waals surface area contributed by atoms with Crippen molar-refractivity contribution in [3.63, 3.8) is 0 Å². The molecular formula is C11H16FNO.